The zero-order valence-electron chi connectivity index (χ0n) is 12.3. The lowest BCUT2D eigenvalue weighted by molar-refractivity contribution is 0.581. The number of sulfonamides is 1. The Morgan fingerprint density at radius 3 is 2.86 bits per heavy atom. The molecule has 0 atom stereocenters. The van der Waals surface area contributed by atoms with E-state index in [9.17, 15) is 8.42 Å². The van der Waals surface area contributed by atoms with Crippen molar-refractivity contribution in [1.29, 1.82) is 0 Å². The fourth-order valence-electron chi connectivity index (χ4n) is 2.00. The highest BCUT2D eigenvalue weighted by molar-refractivity contribution is 7.89. The molecular weight excluding hydrogens is 306 g/mol. The third-order valence-corrected chi connectivity index (χ3v) is 5.40. The van der Waals surface area contributed by atoms with Crippen molar-refractivity contribution in [2.45, 2.75) is 24.8 Å². The third kappa shape index (κ3) is 4.41. The van der Waals surface area contributed by atoms with Crippen LogP contribution in [0.3, 0.4) is 0 Å². The number of hydrogen-bond donors (Lipinski definition) is 2. The number of aryl methyl sites for hydroxylation is 1. The monoisotopic (exact) mass is 327 g/mol. The smallest absolute Gasteiger partial charge is 0.242 e. The molecule has 0 fully saturated rings. The Kier molecular flexibility index (Phi) is 5.58. The summed E-state index contributed by atoms with van der Waals surface area (Å²) >= 11 is 1.62. The molecule has 2 rings (SSSR count). The highest BCUT2D eigenvalue weighted by Crippen LogP contribution is 2.13. The lowest BCUT2D eigenvalue weighted by Crippen LogP contribution is -2.25. The fourth-order valence-corrected chi connectivity index (χ4v) is 3.83. The minimum Gasteiger partial charge on any atom is -0.352 e. The second-order valence-electron chi connectivity index (χ2n) is 4.84. The molecule has 7 heteroatoms. The zero-order chi connectivity index (χ0) is 15.3. The standard InChI is InChI=1S/C14H21N3O2S2/c1-3-15-9-13-8-14(10-17(13)2)21(18,19)16-6-4-12-5-7-20-11-12/h5,7-8,10-11,15-16H,3-4,6,9H2,1-2H3. The van der Waals surface area contributed by atoms with Crippen LogP contribution in [0.25, 0.3) is 0 Å². The summed E-state index contributed by atoms with van der Waals surface area (Å²) in [5, 5.41) is 7.22. The van der Waals surface area contributed by atoms with Gasteiger partial charge in [-0.05, 0) is 41.4 Å². The Morgan fingerprint density at radius 2 is 2.19 bits per heavy atom. The van der Waals surface area contributed by atoms with Crippen molar-refractivity contribution >= 4 is 21.4 Å². The first-order chi connectivity index (χ1) is 10.0. The molecule has 0 amide bonds. The van der Waals surface area contributed by atoms with Gasteiger partial charge in [0.05, 0.1) is 4.90 Å². The predicted octanol–water partition coefficient (Wildman–Crippen LogP) is 1.72. The maximum absolute atomic E-state index is 12.3. The molecule has 0 spiro atoms. The second-order valence-corrected chi connectivity index (χ2v) is 7.38. The van der Waals surface area contributed by atoms with Gasteiger partial charge in [0.2, 0.25) is 10.0 Å². The summed E-state index contributed by atoms with van der Waals surface area (Å²) in [7, 11) is -1.58. The molecule has 2 aromatic heterocycles. The van der Waals surface area contributed by atoms with Crippen LogP contribution in [0.2, 0.25) is 0 Å². The van der Waals surface area contributed by atoms with Gasteiger partial charge in [0.1, 0.15) is 0 Å². The highest BCUT2D eigenvalue weighted by atomic mass is 32.2. The quantitative estimate of drug-likeness (QED) is 0.776. The lowest BCUT2D eigenvalue weighted by atomic mass is 10.2. The largest absolute Gasteiger partial charge is 0.352 e. The van der Waals surface area contributed by atoms with Crippen LogP contribution in [0.15, 0.2) is 34.0 Å². The SMILES string of the molecule is CCNCc1cc(S(=O)(=O)NCCc2ccsc2)cn1C. The second kappa shape index (κ2) is 7.22. The normalized spacial score (nSPS) is 11.9. The van der Waals surface area contributed by atoms with Crippen LogP contribution in [0.4, 0.5) is 0 Å². The average molecular weight is 327 g/mol. The number of hydrogen-bond acceptors (Lipinski definition) is 4. The molecule has 0 aliphatic rings. The first-order valence-corrected chi connectivity index (χ1v) is 9.32. The van der Waals surface area contributed by atoms with E-state index in [0.717, 1.165) is 17.8 Å². The van der Waals surface area contributed by atoms with Crippen LogP contribution < -0.4 is 10.0 Å². The van der Waals surface area contributed by atoms with Crippen molar-refractivity contribution in [2.75, 3.05) is 13.1 Å². The molecule has 0 unspecified atom stereocenters. The minimum atomic E-state index is -3.44. The van der Waals surface area contributed by atoms with Crippen molar-refractivity contribution in [3.63, 3.8) is 0 Å². The van der Waals surface area contributed by atoms with E-state index in [1.165, 1.54) is 0 Å². The Morgan fingerprint density at radius 1 is 1.38 bits per heavy atom. The highest BCUT2D eigenvalue weighted by Gasteiger charge is 2.16. The first-order valence-electron chi connectivity index (χ1n) is 6.89. The molecule has 0 aliphatic carbocycles. The van der Waals surface area contributed by atoms with E-state index in [-0.39, 0.29) is 0 Å². The van der Waals surface area contributed by atoms with E-state index in [2.05, 4.69) is 10.0 Å². The van der Waals surface area contributed by atoms with Gasteiger partial charge in [0.15, 0.2) is 0 Å². The van der Waals surface area contributed by atoms with Crippen molar-refractivity contribution in [2.24, 2.45) is 7.05 Å². The van der Waals surface area contributed by atoms with Gasteiger partial charge in [0, 0.05) is 32.0 Å². The Hall–Kier alpha value is -1.15. The van der Waals surface area contributed by atoms with Crippen molar-refractivity contribution in [1.82, 2.24) is 14.6 Å². The van der Waals surface area contributed by atoms with Gasteiger partial charge in [-0.2, -0.15) is 11.3 Å². The first kappa shape index (κ1) is 16.2. The van der Waals surface area contributed by atoms with Crippen LogP contribution in [-0.2, 0) is 30.0 Å². The summed E-state index contributed by atoms with van der Waals surface area (Å²) in [6.45, 7) is 3.95. The maximum Gasteiger partial charge on any atom is 0.242 e. The molecule has 0 radical (unpaired) electrons. The van der Waals surface area contributed by atoms with Crippen LogP contribution in [0, 0.1) is 0 Å². The van der Waals surface area contributed by atoms with Gasteiger partial charge in [-0.1, -0.05) is 6.92 Å². The molecule has 21 heavy (non-hydrogen) atoms. The predicted molar refractivity (Wildman–Crippen MR) is 86.0 cm³/mol. The molecule has 0 aliphatic heterocycles. The number of nitrogens with one attached hydrogen (secondary N) is 2. The topological polar surface area (TPSA) is 63.1 Å². The Balaban J connectivity index is 1.98. The van der Waals surface area contributed by atoms with Gasteiger partial charge in [-0.25, -0.2) is 13.1 Å². The summed E-state index contributed by atoms with van der Waals surface area (Å²) in [4.78, 5) is 0.322. The van der Waals surface area contributed by atoms with E-state index in [4.69, 9.17) is 0 Å². The van der Waals surface area contributed by atoms with Gasteiger partial charge < -0.3 is 9.88 Å². The van der Waals surface area contributed by atoms with Crippen molar-refractivity contribution in [3.8, 4) is 0 Å². The average Bonchev–Trinajstić information content (AvgIpc) is 3.06. The molecule has 2 heterocycles. The van der Waals surface area contributed by atoms with Crippen LogP contribution in [0.1, 0.15) is 18.2 Å². The van der Waals surface area contributed by atoms with E-state index in [1.807, 2.05) is 35.4 Å². The Bertz CT molecular complexity index is 660. The van der Waals surface area contributed by atoms with Crippen LogP contribution in [-0.4, -0.2) is 26.1 Å². The molecule has 2 aromatic rings. The molecule has 5 nitrogen and oxygen atoms in total. The number of thiophene rings is 1. The lowest BCUT2D eigenvalue weighted by Gasteiger charge is -2.03. The number of aromatic nitrogens is 1. The van der Waals surface area contributed by atoms with Crippen LogP contribution in [0.5, 0.6) is 0 Å². The third-order valence-electron chi connectivity index (χ3n) is 3.24. The van der Waals surface area contributed by atoms with E-state index < -0.39 is 10.0 Å². The van der Waals surface area contributed by atoms with Gasteiger partial charge in [0.25, 0.3) is 0 Å². The van der Waals surface area contributed by atoms with E-state index >= 15 is 0 Å². The fraction of sp³-hybridized carbons (Fsp3) is 0.429. The summed E-state index contributed by atoms with van der Waals surface area (Å²) in [5.41, 5.74) is 2.11. The Labute approximate surface area is 130 Å². The minimum absolute atomic E-state index is 0.322. The summed E-state index contributed by atoms with van der Waals surface area (Å²) < 4.78 is 29.0. The summed E-state index contributed by atoms with van der Waals surface area (Å²) in [5.74, 6) is 0. The molecule has 0 aromatic carbocycles. The van der Waals surface area contributed by atoms with Crippen LogP contribution >= 0.6 is 11.3 Å². The van der Waals surface area contributed by atoms with E-state index in [0.29, 0.717) is 24.4 Å². The van der Waals surface area contributed by atoms with Crippen molar-refractivity contribution < 1.29 is 8.42 Å². The van der Waals surface area contributed by atoms with Gasteiger partial charge in [-0.15, -0.1) is 0 Å². The molecule has 0 saturated carbocycles. The number of nitrogens with zero attached hydrogens (tertiary/aromatic N) is 1. The van der Waals surface area contributed by atoms with Crippen molar-refractivity contribution in [3.05, 3.63) is 40.3 Å². The summed E-state index contributed by atoms with van der Waals surface area (Å²) in [6.07, 6.45) is 2.36. The molecule has 0 bridgehead atoms. The van der Waals surface area contributed by atoms with Gasteiger partial charge >= 0.3 is 0 Å². The van der Waals surface area contributed by atoms with Gasteiger partial charge in [-0.3, -0.25) is 0 Å². The molecular formula is C14H21N3O2S2. The summed E-state index contributed by atoms with van der Waals surface area (Å²) in [6, 6.07) is 3.73. The molecule has 116 valence electrons. The zero-order valence-corrected chi connectivity index (χ0v) is 13.9. The molecule has 0 saturated heterocycles. The maximum atomic E-state index is 12.3. The number of rotatable bonds is 8. The van der Waals surface area contributed by atoms with E-state index in [1.54, 1.807) is 23.6 Å². The molecule has 2 N–H and O–H groups in total.